The average molecular weight is 319 g/mol. The van der Waals surface area contributed by atoms with Crippen LogP contribution >= 0.6 is 11.6 Å². The Labute approximate surface area is 123 Å². The molecule has 2 N–H and O–H groups in total. The van der Waals surface area contributed by atoms with Crippen LogP contribution in [-0.4, -0.2) is 25.8 Å². The molecule has 1 aromatic rings. The van der Waals surface area contributed by atoms with E-state index >= 15 is 0 Å². The number of hydrogen-bond donors (Lipinski definition) is 1. The molecule has 0 saturated carbocycles. The van der Waals surface area contributed by atoms with Gasteiger partial charge in [0.1, 0.15) is 10.7 Å². The van der Waals surface area contributed by atoms with Crippen molar-refractivity contribution < 1.29 is 12.8 Å². The number of nitrogens with two attached hydrogens (primary N) is 1. The van der Waals surface area contributed by atoms with Gasteiger partial charge >= 0.3 is 0 Å². The first-order chi connectivity index (χ1) is 9.36. The van der Waals surface area contributed by atoms with Gasteiger partial charge in [-0.1, -0.05) is 23.3 Å². The van der Waals surface area contributed by atoms with E-state index < -0.39 is 20.7 Å². The summed E-state index contributed by atoms with van der Waals surface area (Å²) in [5.74, 6) is -0.816. The smallest absolute Gasteiger partial charge is 0.246 e. The van der Waals surface area contributed by atoms with E-state index in [1.54, 1.807) is 0 Å². The van der Waals surface area contributed by atoms with Crippen LogP contribution in [0.4, 0.5) is 4.39 Å². The normalized spacial score (nSPS) is 17.1. The third-order valence-corrected chi connectivity index (χ3v) is 5.28. The third kappa shape index (κ3) is 2.88. The highest BCUT2D eigenvalue weighted by Crippen LogP contribution is 2.27. The summed E-state index contributed by atoms with van der Waals surface area (Å²) in [6.45, 7) is 2.35. The molecule has 0 bridgehead atoms. The summed E-state index contributed by atoms with van der Waals surface area (Å²) in [5, 5.41) is 0.162. The van der Waals surface area contributed by atoms with Crippen molar-refractivity contribution in [3.63, 3.8) is 0 Å². The molecule has 0 radical (unpaired) electrons. The maximum atomic E-state index is 14.2. The highest BCUT2D eigenvalue weighted by Gasteiger charge is 2.30. The van der Waals surface area contributed by atoms with Gasteiger partial charge in [-0.25, -0.2) is 12.8 Å². The first kappa shape index (κ1) is 15.4. The van der Waals surface area contributed by atoms with Gasteiger partial charge in [0.05, 0.1) is 0 Å². The minimum Gasteiger partial charge on any atom is -0.326 e. The maximum absolute atomic E-state index is 14.2. The zero-order valence-electron chi connectivity index (χ0n) is 11.1. The molecule has 1 aliphatic rings. The van der Waals surface area contributed by atoms with Crippen molar-refractivity contribution in [2.75, 3.05) is 13.1 Å². The van der Waals surface area contributed by atoms with Gasteiger partial charge < -0.3 is 5.73 Å². The molecule has 0 unspecified atom stereocenters. The summed E-state index contributed by atoms with van der Waals surface area (Å²) in [7, 11) is -3.90. The summed E-state index contributed by atoms with van der Waals surface area (Å²) in [6.07, 6.45) is 2.60. The minimum absolute atomic E-state index is 0.0975. The topological polar surface area (TPSA) is 63.4 Å². The largest absolute Gasteiger partial charge is 0.326 e. The monoisotopic (exact) mass is 318 g/mol. The first-order valence-corrected chi connectivity index (χ1v) is 8.02. The Morgan fingerprint density at radius 3 is 2.75 bits per heavy atom. The molecule has 2 rings (SSSR count). The van der Waals surface area contributed by atoms with Crippen molar-refractivity contribution in [3.05, 3.63) is 40.2 Å². The van der Waals surface area contributed by atoms with Crippen LogP contribution in [0.2, 0.25) is 5.02 Å². The molecule has 0 aliphatic carbocycles. The minimum atomic E-state index is -3.90. The fourth-order valence-electron chi connectivity index (χ4n) is 2.18. The number of halogens is 2. The van der Waals surface area contributed by atoms with E-state index in [1.165, 1.54) is 10.4 Å². The van der Waals surface area contributed by atoms with Crippen LogP contribution in [0.1, 0.15) is 18.9 Å². The first-order valence-electron chi connectivity index (χ1n) is 6.20. The molecule has 0 spiro atoms. The van der Waals surface area contributed by atoms with Crippen LogP contribution in [0, 0.1) is 5.82 Å². The van der Waals surface area contributed by atoms with E-state index in [-0.39, 0.29) is 23.7 Å². The summed E-state index contributed by atoms with van der Waals surface area (Å²) >= 11 is 5.86. The highest BCUT2D eigenvalue weighted by atomic mass is 35.5. The van der Waals surface area contributed by atoms with E-state index in [4.69, 9.17) is 17.3 Å². The summed E-state index contributed by atoms with van der Waals surface area (Å²) in [6, 6.07) is 2.48. The molecular weight excluding hydrogens is 303 g/mol. The Kier molecular flexibility index (Phi) is 4.49. The standard InChI is InChI=1S/C13H16ClFN2O2S/c1-9-3-2-4-17(8-9)20(18,19)12-6-11(14)5-10(7-16)13(12)15/h3,5-6H,2,4,7-8,16H2,1H3. The van der Waals surface area contributed by atoms with Gasteiger partial charge in [0.2, 0.25) is 10.0 Å². The van der Waals surface area contributed by atoms with Gasteiger partial charge in [-0.05, 0) is 25.5 Å². The van der Waals surface area contributed by atoms with Crippen LogP contribution in [0.3, 0.4) is 0 Å². The lowest BCUT2D eigenvalue weighted by Gasteiger charge is -2.26. The summed E-state index contributed by atoms with van der Waals surface area (Å²) in [5.41, 5.74) is 6.46. The molecule has 0 aromatic heterocycles. The lowest BCUT2D eigenvalue weighted by atomic mass is 10.2. The molecule has 0 atom stereocenters. The van der Waals surface area contributed by atoms with E-state index in [9.17, 15) is 12.8 Å². The van der Waals surface area contributed by atoms with Crippen molar-refractivity contribution in [3.8, 4) is 0 Å². The Morgan fingerprint density at radius 1 is 1.45 bits per heavy atom. The number of hydrogen-bond acceptors (Lipinski definition) is 3. The second kappa shape index (κ2) is 5.81. The van der Waals surface area contributed by atoms with Crippen molar-refractivity contribution in [1.29, 1.82) is 0 Å². The fourth-order valence-corrected chi connectivity index (χ4v) is 4.11. The summed E-state index contributed by atoms with van der Waals surface area (Å²) in [4.78, 5) is -0.403. The number of sulfonamides is 1. The lowest BCUT2D eigenvalue weighted by molar-refractivity contribution is 0.423. The molecule has 0 amide bonds. The lowest BCUT2D eigenvalue weighted by Crippen LogP contribution is -2.36. The van der Waals surface area contributed by atoms with Gasteiger partial charge in [-0.15, -0.1) is 0 Å². The second-order valence-corrected chi connectivity index (χ2v) is 7.10. The Hall–Kier alpha value is -0.950. The zero-order chi connectivity index (χ0) is 14.9. The Bertz CT molecular complexity index is 659. The molecule has 4 nitrogen and oxygen atoms in total. The van der Waals surface area contributed by atoms with Crippen molar-refractivity contribution in [2.24, 2.45) is 5.73 Å². The highest BCUT2D eigenvalue weighted by molar-refractivity contribution is 7.89. The quantitative estimate of drug-likeness (QED) is 0.870. The van der Waals surface area contributed by atoms with Crippen molar-refractivity contribution >= 4 is 21.6 Å². The van der Waals surface area contributed by atoms with Gasteiger partial charge in [-0.3, -0.25) is 0 Å². The van der Waals surface area contributed by atoms with Gasteiger partial charge in [0, 0.05) is 30.2 Å². The number of benzene rings is 1. The Balaban J connectivity index is 2.50. The molecule has 7 heteroatoms. The third-order valence-electron chi connectivity index (χ3n) is 3.21. The van der Waals surface area contributed by atoms with E-state index in [0.717, 1.165) is 11.6 Å². The molecule has 1 heterocycles. The zero-order valence-corrected chi connectivity index (χ0v) is 12.6. The average Bonchev–Trinajstić information content (AvgIpc) is 2.40. The molecule has 20 heavy (non-hydrogen) atoms. The van der Waals surface area contributed by atoms with Crippen LogP contribution in [0.15, 0.2) is 28.7 Å². The van der Waals surface area contributed by atoms with E-state index in [1.807, 2.05) is 13.0 Å². The van der Waals surface area contributed by atoms with Crippen LogP contribution in [0.25, 0.3) is 0 Å². The maximum Gasteiger partial charge on any atom is 0.246 e. The van der Waals surface area contributed by atoms with E-state index in [0.29, 0.717) is 13.0 Å². The predicted octanol–water partition coefficient (Wildman–Crippen LogP) is 2.28. The van der Waals surface area contributed by atoms with Gasteiger partial charge in [0.15, 0.2) is 0 Å². The summed E-state index contributed by atoms with van der Waals surface area (Å²) < 4.78 is 40.6. The van der Waals surface area contributed by atoms with Crippen LogP contribution in [-0.2, 0) is 16.6 Å². The van der Waals surface area contributed by atoms with E-state index in [2.05, 4.69) is 0 Å². The number of nitrogens with zero attached hydrogens (tertiary/aromatic N) is 1. The molecular formula is C13H16ClFN2O2S. The molecule has 1 aliphatic heterocycles. The predicted molar refractivity (Wildman–Crippen MR) is 76.4 cm³/mol. The Morgan fingerprint density at radius 2 is 2.15 bits per heavy atom. The fraction of sp³-hybridized carbons (Fsp3) is 0.385. The van der Waals surface area contributed by atoms with Crippen LogP contribution < -0.4 is 5.73 Å². The van der Waals surface area contributed by atoms with Crippen molar-refractivity contribution in [1.82, 2.24) is 4.31 Å². The van der Waals surface area contributed by atoms with Gasteiger partial charge in [-0.2, -0.15) is 4.31 Å². The number of rotatable bonds is 3. The molecule has 0 fully saturated rings. The molecule has 110 valence electrons. The van der Waals surface area contributed by atoms with Crippen LogP contribution in [0.5, 0.6) is 0 Å². The molecule has 1 aromatic carbocycles. The second-order valence-electron chi connectivity index (χ2n) is 4.76. The van der Waals surface area contributed by atoms with Gasteiger partial charge in [0.25, 0.3) is 0 Å². The molecule has 0 saturated heterocycles. The van der Waals surface area contributed by atoms with Crippen molar-refractivity contribution in [2.45, 2.75) is 24.8 Å². The SMILES string of the molecule is CC1=CCCN(S(=O)(=O)c2cc(Cl)cc(CN)c2F)C1.